The van der Waals surface area contributed by atoms with Crippen LogP contribution in [-0.2, 0) is 6.42 Å². The molecule has 1 aliphatic rings. The van der Waals surface area contributed by atoms with Crippen LogP contribution in [0, 0.1) is 17.0 Å². The number of rotatable bonds is 7. The third kappa shape index (κ3) is 5.33. The topological polar surface area (TPSA) is 111 Å². The molecule has 0 aliphatic carbocycles. The number of fused-ring (bicyclic) bond motifs is 1. The summed E-state index contributed by atoms with van der Waals surface area (Å²) in [5.41, 5.74) is 3.75. The molecule has 0 spiro atoms. The smallest absolute Gasteiger partial charge is 0.273 e. The molecule has 0 radical (unpaired) electrons. The van der Waals surface area contributed by atoms with Gasteiger partial charge >= 0.3 is 0 Å². The van der Waals surface area contributed by atoms with Gasteiger partial charge in [-0.25, -0.2) is 0 Å². The molecule has 0 aromatic heterocycles. The highest BCUT2D eigenvalue weighted by Gasteiger charge is 2.28. The van der Waals surface area contributed by atoms with Gasteiger partial charge in [-0.15, -0.1) is 0 Å². The quantitative estimate of drug-likeness (QED) is 0.268. The first-order chi connectivity index (χ1) is 17.1. The van der Waals surface area contributed by atoms with Crippen LogP contribution in [0.1, 0.15) is 57.7 Å². The number of carbonyl (C=O) groups is 2. The Morgan fingerprint density at radius 2 is 1.86 bits per heavy atom. The van der Waals surface area contributed by atoms with E-state index in [4.69, 9.17) is 9.73 Å². The lowest BCUT2D eigenvalue weighted by atomic mass is 9.85. The van der Waals surface area contributed by atoms with E-state index in [0.717, 1.165) is 17.5 Å². The van der Waals surface area contributed by atoms with Gasteiger partial charge in [0.15, 0.2) is 5.78 Å². The van der Waals surface area contributed by atoms with Crippen molar-refractivity contribution in [1.82, 2.24) is 0 Å². The number of nitro groups is 1. The normalized spacial score (nSPS) is 13.8. The van der Waals surface area contributed by atoms with E-state index in [2.05, 4.69) is 5.32 Å². The molecule has 0 saturated heterocycles. The summed E-state index contributed by atoms with van der Waals surface area (Å²) in [6, 6.07) is 16.8. The Bertz CT molecular complexity index is 1410. The molecular formula is C28H27N3O5. The molecule has 1 heterocycles. The summed E-state index contributed by atoms with van der Waals surface area (Å²) in [6.07, 6.45) is 0.869. The standard InChI is InChI=1S/C28H27N3O5/c1-17-8-9-19(13-25(17)31(34)35)27(33)29-21-7-5-6-18(12-21)26(32)15-24-23-14-22(36-4)11-10-20(23)16-28(2,3)30-24/h5-14H,15-16H2,1-4H3,(H,29,33). The molecule has 8 heteroatoms. The van der Waals surface area contributed by atoms with Crippen LogP contribution in [0.3, 0.4) is 0 Å². The van der Waals surface area contributed by atoms with Gasteiger partial charge in [0.1, 0.15) is 5.75 Å². The number of anilines is 1. The maximum atomic E-state index is 13.3. The van der Waals surface area contributed by atoms with Crippen molar-refractivity contribution in [3.63, 3.8) is 0 Å². The van der Waals surface area contributed by atoms with Gasteiger partial charge in [0, 0.05) is 34.0 Å². The van der Waals surface area contributed by atoms with Gasteiger partial charge in [0.25, 0.3) is 11.6 Å². The van der Waals surface area contributed by atoms with Crippen molar-refractivity contribution >= 4 is 28.8 Å². The van der Waals surface area contributed by atoms with E-state index in [1.54, 1.807) is 38.3 Å². The first-order valence-electron chi connectivity index (χ1n) is 11.5. The second-order valence-corrected chi connectivity index (χ2v) is 9.46. The van der Waals surface area contributed by atoms with E-state index in [1.165, 1.54) is 18.2 Å². The fraction of sp³-hybridized carbons (Fsp3) is 0.250. The first-order valence-corrected chi connectivity index (χ1v) is 11.5. The van der Waals surface area contributed by atoms with Crippen molar-refractivity contribution in [2.24, 2.45) is 4.99 Å². The van der Waals surface area contributed by atoms with E-state index in [-0.39, 0.29) is 29.0 Å². The SMILES string of the molecule is COc1ccc2c(c1)C(CC(=O)c1cccc(NC(=O)c3ccc(C)c([N+](=O)[O-])c3)c1)=NC(C)(C)C2. The molecule has 0 fully saturated rings. The van der Waals surface area contributed by atoms with Gasteiger partial charge in [0.05, 0.1) is 29.7 Å². The Morgan fingerprint density at radius 3 is 2.58 bits per heavy atom. The van der Waals surface area contributed by atoms with E-state index < -0.39 is 10.8 Å². The number of nitro benzene ring substituents is 1. The zero-order chi connectivity index (χ0) is 26.0. The number of aryl methyl sites for hydroxylation is 1. The van der Waals surface area contributed by atoms with Gasteiger partial charge < -0.3 is 10.1 Å². The summed E-state index contributed by atoms with van der Waals surface area (Å²) in [5, 5.41) is 13.9. The van der Waals surface area contributed by atoms with Crippen molar-refractivity contribution in [3.8, 4) is 5.75 Å². The molecule has 0 saturated carbocycles. The Hall–Kier alpha value is -4.33. The number of Topliss-reactive ketones (excluding diaryl/α,β-unsaturated/α-hetero) is 1. The van der Waals surface area contributed by atoms with Gasteiger partial charge in [-0.3, -0.25) is 24.7 Å². The molecule has 1 amide bonds. The summed E-state index contributed by atoms with van der Waals surface area (Å²) in [5.74, 6) is 0.0686. The van der Waals surface area contributed by atoms with E-state index >= 15 is 0 Å². The molecule has 0 unspecified atom stereocenters. The predicted molar refractivity (Wildman–Crippen MR) is 138 cm³/mol. The molecule has 0 atom stereocenters. The highest BCUT2D eigenvalue weighted by molar-refractivity contribution is 6.17. The summed E-state index contributed by atoms with van der Waals surface area (Å²) in [4.78, 5) is 41.5. The predicted octanol–water partition coefficient (Wildman–Crippen LogP) is 5.56. The van der Waals surface area contributed by atoms with Crippen LogP contribution >= 0.6 is 0 Å². The minimum atomic E-state index is -0.519. The largest absolute Gasteiger partial charge is 0.497 e. The fourth-order valence-corrected chi connectivity index (χ4v) is 4.35. The number of amides is 1. The molecule has 3 aromatic carbocycles. The molecular weight excluding hydrogens is 458 g/mol. The van der Waals surface area contributed by atoms with Crippen molar-refractivity contribution in [2.75, 3.05) is 12.4 Å². The molecule has 36 heavy (non-hydrogen) atoms. The number of nitrogens with zero attached hydrogens (tertiary/aromatic N) is 2. The lowest BCUT2D eigenvalue weighted by Gasteiger charge is -2.29. The van der Waals surface area contributed by atoms with Crippen molar-refractivity contribution in [2.45, 2.75) is 39.2 Å². The molecule has 4 rings (SSSR count). The number of carbonyl (C=O) groups excluding carboxylic acids is 2. The minimum absolute atomic E-state index is 0.102. The van der Waals surface area contributed by atoms with Crippen molar-refractivity contribution < 1.29 is 19.2 Å². The Balaban J connectivity index is 1.55. The molecule has 3 aromatic rings. The zero-order valence-electron chi connectivity index (χ0n) is 20.6. The highest BCUT2D eigenvalue weighted by Crippen LogP contribution is 2.31. The highest BCUT2D eigenvalue weighted by atomic mass is 16.6. The number of benzene rings is 3. The van der Waals surface area contributed by atoms with Gasteiger partial charge in [0.2, 0.25) is 0 Å². The van der Waals surface area contributed by atoms with Crippen LogP contribution in [0.15, 0.2) is 65.7 Å². The van der Waals surface area contributed by atoms with Crippen LogP contribution in [0.25, 0.3) is 0 Å². The summed E-state index contributed by atoms with van der Waals surface area (Å²) < 4.78 is 5.37. The van der Waals surface area contributed by atoms with E-state index in [1.807, 2.05) is 32.0 Å². The molecule has 1 N–H and O–H groups in total. The van der Waals surface area contributed by atoms with Gasteiger partial charge in [-0.1, -0.05) is 24.3 Å². The Kier molecular flexibility index (Phi) is 6.70. The average Bonchev–Trinajstić information content (AvgIpc) is 2.83. The summed E-state index contributed by atoms with van der Waals surface area (Å²) >= 11 is 0. The lowest BCUT2D eigenvalue weighted by Crippen LogP contribution is -2.30. The number of methoxy groups -OCH3 is 1. The van der Waals surface area contributed by atoms with Gasteiger partial charge in [-0.05, 0) is 63.1 Å². The first kappa shape index (κ1) is 24.8. The monoisotopic (exact) mass is 485 g/mol. The number of ketones is 1. The van der Waals surface area contributed by atoms with Crippen LogP contribution < -0.4 is 10.1 Å². The second-order valence-electron chi connectivity index (χ2n) is 9.46. The Morgan fingerprint density at radius 1 is 1.08 bits per heavy atom. The number of hydrogen-bond donors (Lipinski definition) is 1. The summed E-state index contributed by atoms with van der Waals surface area (Å²) in [7, 11) is 1.60. The van der Waals surface area contributed by atoms with Crippen LogP contribution in [-0.4, -0.2) is 35.0 Å². The van der Waals surface area contributed by atoms with Crippen LogP contribution in [0.2, 0.25) is 0 Å². The minimum Gasteiger partial charge on any atom is -0.497 e. The van der Waals surface area contributed by atoms with Crippen LogP contribution in [0.5, 0.6) is 5.75 Å². The number of nitrogens with one attached hydrogen (secondary N) is 1. The molecule has 1 aliphatic heterocycles. The van der Waals surface area contributed by atoms with Crippen molar-refractivity contribution in [3.05, 3.63) is 98.6 Å². The van der Waals surface area contributed by atoms with Gasteiger partial charge in [-0.2, -0.15) is 0 Å². The zero-order valence-corrected chi connectivity index (χ0v) is 20.6. The van der Waals surface area contributed by atoms with E-state index in [9.17, 15) is 19.7 Å². The number of aliphatic imine (C=N–C) groups is 1. The fourth-order valence-electron chi connectivity index (χ4n) is 4.35. The maximum Gasteiger partial charge on any atom is 0.273 e. The molecule has 184 valence electrons. The summed E-state index contributed by atoms with van der Waals surface area (Å²) in [6.45, 7) is 5.69. The van der Waals surface area contributed by atoms with Crippen molar-refractivity contribution in [1.29, 1.82) is 0 Å². The molecule has 8 nitrogen and oxygen atoms in total. The molecule has 0 bridgehead atoms. The third-order valence-electron chi connectivity index (χ3n) is 6.13. The van der Waals surface area contributed by atoms with E-state index in [0.29, 0.717) is 28.3 Å². The average molecular weight is 486 g/mol. The second kappa shape index (κ2) is 9.73. The maximum absolute atomic E-state index is 13.3. The number of hydrogen-bond acceptors (Lipinski definition) is 6. The van der Waals surface area contributed by atoms with Crippen LogP contribution in [0.4, 0.5) is 11.4 Å². The lowest BCUT2D eigenvalue weighted by molar-refractivity contribution is -0.385. The Labute approximate surface area is 209 Å². The third-order valence-corrected chi connectivity index (χ3v) is 6.13. The number of ether oxygens (including phenoxy) is 1.